The second-order valence-corrected chi connectivity index (χ2v) is 6.23. The summed E-state index contributed by atoms with van der Waals surface area (Å²) in [4.78, 5) is 0. The van der Waals surface area contributed by atoms with E-state index >= 15 is 0 Å². The van der Waals surface area contributed by atoms with Gasteiger partial charge in [-0.3, -0.25) is 0 Å². The number of hydrogen-bond donors (Lipinski definition) is 0. The van der Waals surface area contributed by atoms with Crippen LogP contribution in [-0.2, 0) is 6.42 Å². The van der Waals surface area contributed by atoms with Crippen LogP contribution in [0.1, 0.15) is 11.1 Å². The van der Waals surface area contributed by atoms with Crippen molar-refractivity contribution in [3.05, 3.63) is 120 Å². The first-order chi connectivity index (χ1) is 12.4. The fourth-order valence-corrected chi connectivity index (χ4v) is 3.35. The van der Waals surface area contributed by atoms with E-state index in [4.69, 9.17) is 0 Å². The highest BCUT2D eigenvalue weighted by molar-refractivity contribution is 5.79. The van der Waals surface area contributed by atoms with Gasteiger partial charge in [0.25, 0.3) is 0 Å². The van der Waals surface area contributed by atoms with E-state index in [1.807, 2.05) is 0 Å². The molecule has 0 atom stereocenters. The van der Waals surface area contributed by atoms with Crippen molar-refractivity contribution < 1.29 is 0 Å². The van der Waals surface area contributed by atoms with E-state index in [9.17, 15) is 0 Å². The van der Waals surface area contributed by atoms with Gasteiger partial charge in [-0.05, 0) is 39.8 Å². The molecule has 0 spiro atoms. The lowest BCUT2D eigenvalue weighted by molar-refractivity contribution is 1.20. The molecule has 0 aliphatic carbocycles. The molecule has 4 rings (SSSR count). The zero-order valence-electron chi connectivity index (χ0n) is 14.1. The minimum absolute atomic E-state index is 0.927. The van der Waals surface area contributed by atoms with E-state index in [-0.39, 0.29) is 0 Å². The fourth-order valence-electron chi connectivity index (χ4n) is 3.35. The third-order valence-electron chi connectivity index (χ3n) is 4.57. The zero-order chi connectivity index (χ0) is 16.9. The lowest BCUT2D eigenvalue weighted by Crippen LogP contribution is -1.96. The maximum Gasteiger partial charge on any atom is -0.00134 e. The first kappa shape index (κ1) is 15.4. The minimum atomic E-state index is 0.927. The second kappa shape index (κ2) is 7.19. The highest BCUT2D eigenvalue weighted by Crippen LogP contribution is 2.34. The summed E-state index contributed by atoms with van der Waals surface area (Å²) in [5.41, 5.74) is 7.88. The van der Waals surface area contributed by atoms with Crippen LogP contribution in [0.4, 0.5) is 0 Å². The Balaban J connectivity index is 1.90. The molecule has 0 saturated heterocycles. The molecule has 0 heteroatoms. The largest absolute Gasteiger partial charge is 0.0622 e. The molecule has 0 N–H and O–H groups in total. The fraction of sp³-hybridized carbons (Fsp3) is 0.0400. The van der Waals surface area contributed by atoms with Crippen molar-refractivity contribution in [3.8, 4) is 22.3 Å². The Morgan fingerprint density at radius 2 is 0.840 bits per heavy atom. The summed E-state index contributed by atoms with van der Waals surface area (Å²) in [5, 5.41) is 0. The van der Waals surface area contributed by atoms with Crippen LogP contribution in [0.2, 0.25) is 0 Å². The standard InChI is InChI=1S/C25H20/c1-4-11-20(12-5-1)19-25-23(21-13-6-2-7-14-21)17-10-18-24(25)22-15-8-3-9-16-22/h1-18H,19H2. The van der Waals surface area contributed by atoms with E-state index in [1.54, 1.807) is 0 Å². The number of rotatable bonds is 4. The molecule has 0 amide bonds. The summed E-state index contributed by atoms with van der Waals surface area (Å²) in [7, 11) is 0. The average Bonchev–Trinajstić information content (AvgIpc) is 2.70. The van der Waals surface area contributed by atoms with Gasteiger partial charge < -0.3 is 0 Å². The number of hydrogen-bond acceptors (Lipinski definition) is 0. The van der Waals surface area contributed by atoms with Crippen LogP contribution in [0.25, 0.3) is 22.3 Å². The van der Waals surface area contributed by atoms with Crippen LogP contribution in [0.3, 0.4) is 0 Å². The van der Waals surface area contributed by atoms with Crippen LogP contribution >= 0.6 is 0 Å². The maximum atomic E-state index is 2.24. The lowest BCUT2D eigenvalue weighted by atomic mass is 9.88. The van der Waals surface area contributed by atoms with E-state index in [2.05, 4.69) is 109 Å². The van der Waals surface area contributed by atoms with Crippen molar-refractivity contribution in [1.29, 1.82) is 0 Å². The second-order valence-electron chi connectivity index (χ2n) is 6.23. The molecule has 0 aromatic heterocycles. The Labute approximate surface area is 149 Å². The Morgan fingerprint density at radius 3 is 1.32 bits per heavy atom. The summed E-state index contributed by atoms with van der Waals surface area (Å²) in [6.07, 6.45) is 0.927. The molecule has 0 bridgehead atoms. The molecular weight excluding hydrogens is 300 g/mol. The van der Waals surface area contributed by atoms with Crippen LogP contribution in [-0.4, -0.2) is 0 Å². The van der Waals surface area contributed by atoms with Gasteiger partial charge >= 0.3 is 0 Å². The molecule has 0 saturated carbocycles. The summed E-state index contributed by atoms with van der Waals surface area (Å²) in [6, 6.07) is 38.7. The van der Waals surface area contributed by atoms with E-state index in [0.717, 1.165) is 6.42 Å². The monoisotopic (exact) mass is 320 g/mol. The third kappa shape index (κ3) is 3.39. The first-order valence-corrected chi connectivity index (χ1v) is 8.68. The van der Waals surface area contributed by atoms with E-state index in [1.165, 1.54) is 33.4 Å². The highest BCUT2D eigenvalue weighted by Gasteiger charge is 2.12. The van der Waals surface area contributed by atoms with Crippen molar-refractivity contribution in [1.82, 2.24) is 0 Å². The van der Waals surface area contributed by atoms with Gasteiger partial charge in [-0.15, -0.1) is 0 Å². The van der Waals surface area contributed by atoms with Crippen LogP contribution in [0, 0.1) is 0 Å². The molecule has 25 heavy (non-hydrogen) atoms. The summed E-state index contributed by atoms with van der Waals surface area (Å²) in [6.45, 7) is 0. The first-order valence-electron chi connectivity index (χ1n) is 8.68. The lowest BCUT2D eigenvalue weighted by Gasteiger charge is -2.16. The zero-order valence-corrected chi connectivity index (χ0v) is 14.1. The summed E-state index contributed by atoms with van der Waals surface area (Å²) >= 11 is 0. The molecule has 0 aliphatic heterocycles. The van der Waals surface area contributed by atoms with Gasteiger partial charge in [-0.25, -0.2) is 0 Å². The molecule has 0 fully saturated rings. The smallest absolute Gasteiger partial charge is 0.00134 e. The molecule has 0 aliphatic rings. The summed E-state index contributed by atoms with van der Waals surface area (Å²) in [5.74, 6) is 0. The quantitative estimate of drug-likeness (QED) is 0.397. The summed E-state index contributed by atoms with van der Waals surface area (Å²) < 4.78 is 0. The molecule has 0 heterocycles. The van der Waals surface area contributed by atoms with Gasteiger partial charge in [0.1, 0.15) is 0 Å². The van der Waals surface area contributed by atoms with Gasteiger partial charge in [0.05, 0.1) is 0 Å². The Morgan fingerprint density at radius 1 is 0.400 bits per heavy atom. The van der Waals surface area contributed by atoms with Crippen LogP contribution < -0.4 is 0 Å². The third-order valence-corrected chi connectivity index (χ3v) is 4.57. The molecule has 0 radical (unpaired) electrons. The Bertz CT molecular complexity index is 881. The van der Waals surface area contributed by atoms with Crippen molar-refractivity contribution >= 4 is 0 Å². The van der Waals surface area contributed by atoms with E-state index < -0.39 is 0 Å². The molecule has 4 aromatic rings. The van der Waals surface area contributed by atoms with Crippen molar-refractivity contribution in [3.63, 3.8) is 0 Å². The number of benzene rings is 4. The molecule has 120 valence electrons. The predicted molar refractivity (Wildman–Crippen MR) is 107 cm³/mol. The topological polar surface area (TPSA) is 0 Å². The molecular formula is C25H20. The Kier molecular flexibility index (Phi) is 4.43. The van der Waals surface area contributed by atoms with Crippen LogP contribution in [0.15, 0.2) is 109 Å². The SMILES string of the molecule is c1ccc(Cc2c(-c3ccccc3)cccc2-c2ccccc2)cc1. The van der Waals surface area contributed by atoms with Crippen LogP contribution in [0.5, 0.6) is 0 Å². The minimum Gasteiger partial charge on any atom is -0.0622 e. The van der Waals surface area contributed by atoms with Crippen molar-refractivity contribution in [2.45, 2.75) is 6.42 Å². The predicted octanol–water partition coefficient (Wildman–Crippen LogP) is 6.61. The van der Waals surface area contributed by atoms with Crippen molar-refractivity contribution in [2.24, 2.45) is 0 Å². The van der Waals surface area contributed by atoms with Gasteiger partial charge in [0.2, 0.25) is 0 Å². The van der Waals surface area contributed by atoms with Gasteiger partial charge in [-0.2, -0.15) is 0 Å². The average molecular weight is 320 g/mol. The Hall–Kier alpha value is -3.12. The molecule has 0 nitrogen and oxygen atoms in total. The van der Waals surface area contributed by atoms with Gasteiger partial charge in [0.15, 0.2) is 0 Å². The van der Waals surface area contributed by atoms with E-state index in [0.29, 0.717) is 0 Å². The highest BCUT2D eigenvalue weighted by atomic mass is 14.2. The maximum absolute atomic E-state index is 2.24. The molecule has 4 aromatic carbocycles. The van der Waals surface area contributed by atoms with Gasteiger partial charge in [0, 0.05) is 0 Å². The van der Waals surface area contributed by atoms with Gasteiger partial charge in [-0.1, -0.05) is 109 Å². The van der Waals surface area contributed by atoms with Crippen molar-refractivity contribution in [2.75, 3.05) is 0 Å². The molecule has 0 unspecified atom stereocenters. The normalized spacial score (nSPS) is 10.6.